The molecule has 3 nitrogen and oxygen atoms in total. The van der Waals surface area contributed by atoms with E-state index in [-0.39, 0.29) is 5.92 Å². The first-order valence-electron chi connectivity index (χ1n) is 6.33. The second-order valence-electron chi connectivity index (χ2n) is 4.98. The molecule has 3 heteroatoms. The lowest BCUT2D eigenvalue weighted by Crippen LogP contribution is -2.09. The maximum Gasteiger partial charge on any atom is 0.166 e. The van der Waals surface area contributed by atoms with E-state index in [4.69, 9.17) is 0 Å². The summed E-state index contributed by atoms with van der Waals surface area (Å²) in [6, 6.07) is 7.97. The fourth-order valence-corrected chi connectivity index (χ4v) is 2.69. The number of benzene rings is 1. The van der Waals surface area contributed by atoms with E-state index in [2.05, 4.69) is 11.2 Å². The van der Waals surface area contributed by atoms with Crippen LogP contribution in [0.5, 0.6) is 0 Å². The monoisotopic (exact) mass is 240 g/mol. The number of hydrogen-bond donors (Lipinski definition) is 0. The predicted octanol–water partition coefficient (Wildman–Crippen LogP) is 2.41. The van der Waals surface area contributed by atoms with Crippen molar-refractivity contribution in [2.75, 3.05) is 0 Å². The molecule has 0 fully saturated rings. The molecule has 2 aromatic rings. The van der Waals surface area contributed by atoms with Gasteiger partial charge in [0.15, 0.2) is 5.78 Å². The number of ketones is 1. The van der Waals surface area contributed by atoms with Crippen LogP contribution in [0.3, 0.4) is 0 Å². The summed E-state index contributed by atoms with van der Waals surface area (Å²) >= 11 is 0. The quantitative estimate of drug-likeness (QED) is 0.825. The predicted molar refractivity (Wildman–Crippen MR) is 69.5 cm³/mol. The number of fused-ring (bicyclic) bond motifs is 1. The first kappa shape index (κ1) is 11.2. The molecule has 1 aromatic heterocycles. The van der Waals surface area contributed by atoms with E-state index in [1.54, 1.807) is 4.68 Å². The molecule has 1 unspecified atom stereocenters. The standard InChI is InChI=1S/C15H16N2O/c1-17-10-11(9-16-17)6-7-13-8-12-4-2-3-5-14(12)15(13)18/h2-5,9-10,13H,6-8H2,1H3. The van der Waals surface area contributed by atoms with Gasteiger partial charge in [0.25, 0.3) is 0 Å². The number of aryl methyl sites for hydroxylation is 2. The number of carbonyl (C=O) groups excluding carboxylic acids is 1. The largest absolute Gasteiger partial charge is 0.294 e. The summed E-state index contributed by atoms with van der Waals surface area (Å²) in [7, 11) is 1.92. The Morgan fingerprint density at radius 1 is 1.39 bits per heavy atom. The third-order valence-corrected chi connectivity index (χ3v) is 3.66. The van der Waals surface area contributed by atoms with Crippen molar-refractivity contribution in [2.45, 2.75) is 19.3 Å². The summed E-state index contributed by atoms with van der Waals surface area (Å²) in [6.07, 6.45) is 6.64. The lowest BCUT2D eigenvalue weighted by molar-refractivity contribution is 0.0931. The minimum absolute atomic E-state index is 0.155. The minimum Gasteiger partial charge on any atom is -0.294 e. The molecule has 0 amide bonds. The first-order chi connectivity index (χ1) is 8.74. The summed E-state index contributed by atoms with van der Waals surface area (Å²) < 4.78 is 1.81. The Hall–Kier alpha value is -1.90. The summed E-state index contributed by atoms with van der Waals surface area (Å²) in [4.78, 5) is 12.2. The van der Waals surface area contributed by atoms with Crippen LogP contribution in [0.1, 0.15) is 27.9 Å². The van der Waals surface area contributed by atoms with Gasteiger partial charge in [-0.3, -0.25) is 9.48 Å². The molecule has 1 aromatic carbocycles. The molecule has 92 valence electrons. The zero-order chi connectivity index (χ0) is 12.5. The highest BCUT2D eigenvalue weighted by Crippen LogP contribution is 2.29. The topological polar surface area (TPSA) is 34.9 Å². The third kappa shape index (κ3) is 1.96. The average Bonchev–Trinajstić information content (AvgIpc) is 2.92. The van der Waals surface area contributed by atoms with Crippen LogP contribution in [0.15, 0.2) is 36.7 Å². The Kier molecular flexibility index (Phi) is 2.74. The zero-order valence-corrected chi connectivity index (χ0v) is 10.5. The summed E-state index contributed by atoms with van der Waals surface area (Å²) in [5, 5.41) is 4.15. The lowest BCUT2D eigenvalue weighted by atomic mass is 9.97. The number of carbonyl (C=O) groups is 1. The molecular weight excluding hydrogens is 224 g/mol. The minimum atomic E-state index is 0.155. The molecule has 0 saturated carbocycles. The molecule has 18 heavy (non-hydrogen) atoms. The Morgan fingerprint density at radius 2 is 2.22 bits per heavy atom. The molecular formula is C15H16N2O. The van der Waals surface area contributed by atoms with Crippen molar-refractivity contribution in [3.63, 3.8) is 0 Å². The molecule has 0 radical (unpaired) electrons. The van der Waals surface area contributed by atoms with E-state index in [0.29, 0.717) is 5.78 Å². The van der Waals surface area contributed by atoms with Crippen LogP contribution in [0.25, 0.3) is 0 Å². The van der Waals surface area contributed by atoms with Gasteiger partial charge in [-0.2, -0.15) is 5.10 Å². The van der Waals surface area contributed by atoms with Gasteiger partial charge < -0.3 is 0 Å². The Morgan fingerprint density at radius 3 is 2.94 bits per heavy atom. The second-order valence-corrected chi connectivity index (χ2v) is 4.98. The van der Waals surface area contributed by atoms with Crippen molar-refractivity contribution in [1.29, 1.82) is 0 Å². The SMILES string of the molecule is Cn1cc(CCC2Cc3ccccc3C2=O)cn1. The number of rotatable bonds is 3. The van der Waals surface area contributed by atoms with E-state index in [1.807, 2.05) is 37.6 Å². The van der Waals surface area contributed by atoms with Crippen molar-refractivity contribution in [1.82, 2.24) is 9.78 Å². The van der Waals surface area contributed by atoms with Gasteiger partial charge in [-0.1, -0.05) is 24.3 Å². The van der Waals surface area contributed by atoms with E-state index in [9.17, 15) is 4.79 Å². The molecule has 3 rings (SSSR count). The van der Waals surface area contributed by atoms with Gasteiger partial charge >= 0.3 is 0 Å². The molecule has 0 saturated heterocycles. The summed E-state index contributed by atoms with van der Waals surface area (Å²) in [5.41, 5.74) is 3.34. The van der Waals surface area contributed by atoms with Crippen LogP contribution in [0, 0.1) is 5.92 Å². The lowest BCUT2D eigenvalue weighted by Gasteiger charge is -2.05. The molecule has 1 aliphatic rings. The van der Waals surface area contributed by atoms with Crippen LogP contribution in [-0.2, 0) is 19.9 Å². The third-order valence-electron chi connectivity index (χ3n) is 3.66. The Labute approximate surface area is 106 Å². The normalized spacial score (nSPS) is 18.1. The fourth-order valence-electron chi connectivity index (χ4n) is 2.69. The Balaban J connectivity index is 1.68. The first-order valence-corrected chi connectivity index (χ1v) is 6.33. The molecule has 1 aliphatic carbocycles. The van der Waals surface area contributed by atoms with Crippen molar-refractivity contribution < 1.29 is 4.79 Å². The van der Waals surface area contributed by atoms with Crippen LogP contribution in [0.2, 0.25) is 0 Å². The van der Waals surface area contributed by atoms with Crippen LogP contribution in [0.4, 0.5) is 0 Å². The van der Waals surface area contributed by atoms with Crippen molar-refractivity contribution in [2.24, 2.45) is 13.0 Å². The van der Waals surface area contributed by atoms with E-state index >= 15 is 0 Å². The molecule has 0 spiro atoms. The number of hydrogen-bond acceptors (Lipinski definition) is 2. The second kappa shape index (κ2) is 4.41. The van der Waals surface area contributed by atoms with E-state index in [1.165, 1.54) is 11.1 Å². The summed E-state index contributed by atoms with van der Waals surface area (Å²) in [6.45, 7) is 0. The van der Waals surface area contributed by atoms with Gasteiger partial charge in [0, 0.05) is 24.7 Å². The molecule has 0 N–H and O–H groups in total. The van der Waals surface area contributed by atoms with Gasteiger partial charge in [-0.25, -0.2) is 0 Å². The number of aromatic nitrogens is 2. The highest BCUT2D eigenvalue weighted by Gasteiger charge is 2.29. The van der Waals surface area contributed by atoms with Crippen LogP contribution >= 0.6 is 0 Å². The number of nitrogens with zero attached hydrogens (tertiary/aromatic N) is 2. The highest BCUT2D eigenvalue weighted by atomic mass is 16.1. The van der Waals surface area contributed by atoms with Gasteiger partial charge in [-0.05, 0) is 30.4 Å². The van der Waals surface area contributed by atoms with E-state index in [0.717, 1.165) is 24.8 Å². The molecule has 1 heterocycles. The molecule has 0 aliphatic heterocycles. The van der Waals surface area contributed by atoms with Crippen molar-refractivity contribution in [3.05, 3.63) is 53.3 Å². The van der Waals surface area contributed by atoms with Gasteiger partial charge in [0.05, 0.1) is 6.20 Å². The molecule has 0 bridgehead atoms. The fraction of sp³-hybridized carbons (Fsp3) is 0.333. The highest BCUT2D eigenvalue weighted by molar-refractivity contribution is 6.02. The van der Waals surface area contributed by atoms with Crippen molar-refractivity contribution >= 4 is 5.78 Å². The Bertz CT molecular complexity index is 586. The smallest absolute Gasteiger partial charge is 0.166 e. The maximum atomic E-state index is 12.2. The van der Waals surface area contributed by atoms with Gasteiger partial charge in [-0.15, -0.1) is 0 Å². The molecule has 1 atom stereocenters. The number of Topliss-reactive ketones (excluding diaryl/α,β-unsaturated/α-hetero) is 1. The van der Waals surface area contributed by atoms with Crippen LogP contribution < -0.4 is 0 Å². The summed E-state index contributed by atoms with van der Waals surface area (Å²) in [5.74, 6) is 0.470. The van der Waals surface area contributed by atoms with Crippen molar-refractivity contribution in [3.8, 4) is 0 Å². The van der Waals surface area contributed by atoms with Gasteiger partial charge in [0.1, 0.15) is 0 Å². The zero-order valence-electron chi connectivity index (χ0n) is 10.5. The average molecular weight is 240 g/mol. The maximum absolute atomic E-state index is 12.2. The van der Waals surface area contributed by atoms with Gasteiger partial charge in [0.2, 0.25) is 0 Å². The van der Waals surface area contributed by atoms with Crippen LogP contribution in [-0.4, -0.2) is 15.6 Å². The van der Waals surface area contributed by atoms with E-state index < -0.39 is 0 Å².